The molecule has 1 fully saturated rings. The quantitative estimate of drug-likeness (QED) is 0.763. The van der Waals surface area contributed by atoms with Crippen molar-refractivity contribution in [1.82, 2.24) is 4.90 Å². The fourth-order valence-corrected chi connectivity index (χ4v) is 3.48. The van der Waals surface area contributed by atoms with Crippen LogP contribution < -0.4 is 5.73 Å². The maximum absolute atomic E-state index is 12.6. The van der Waals surface area contributed by atoms with Crippen molar-refractivity contribution in [3.63, 3.8) is 0 Å². The topological polar surface area (TPSA) is 46.3 Å². The minimum atomic E-state index is 0.224. The van der Waals surface area contributed by atoms with Crippen LogP contribution >= 0.6 is 12.2 Å². The van der Waals surface area contributed by atoms with Crippen molar-refractivity contribution in [2.24, 2.45) is 17.1 Å². The lowest BCUT2D eigenvalue weighted by atomic mass is 9.84. The predicted octanol–water partition coefficient (Wildman–Crippen LogP) is 3.51. The van der Waals surface area contributed by atoms with Gasteiger partial charge >= 0.3 is 0 Å². The molecule has 1 amide bonds. The Morgan fingerprint density at radius 1 is 1.35 bits per heavy atom. The van der Waals surface area contributed by atoms with Crippen LogP contribution in [0.15, 0.2) is 0 Å². The predicted molar refractivity (Wildman–Crippen MR) is 88.6 cm³/mol. The Hall–Kier alpha value is -0.640. The van der Waals surface area contributed by atoms with Crippen molar-refractivity contribution < 1.29 is 4.79 Å². The second-order valence-electron chi connectivity index (χ2n) is 7.50. The number of rotatable bonds is 6. The Morgan fingerprint density at radius 3 is 2.35 bits per heavy atom. The molecule has 0 aromatic carbocycles. The van der Waals surface area contributed by atoms with Gasteiger partial charge in [0.2, 0.25) is 5.91 Å². The zero-order valence-electron chi connectivity index (χ0n) is 13.4. The number of carbonyl (C=O) groups excluding carboxylic acids is 1. The third kappa shape index (κ3) is 6.21. The van der Waals surface area contributed by atoms with E-state index in [1.165, 1.54) is 12.8 Å². The zero-order chi connectivity index (χ0) is 15.3. The van der Waals surface area contributed by atoms with E-state index >= 15 is 0 Å². The molecule has 1 rings (SSSR count). The van der Waals surface area contributed by atoms with Crippen LogP contribution in [0.5, 0.6) is 0 Å². The first-order chi connectivity index (χ1) is 9.19. The van der Waals surface area contributed by atoms with E-state index in [-0.39, 0.29) is 11.3 Å². The lowest BCUT2D eigenvalue weighted by Crippen LogP contribution is -2.44. The molecule has 20 heavy (non-hydrogen) atoms. The van der Waals surface area contributed by atoms with Crippen molar-refractivity contribution in [2.75, 3.05) is 6.54 Å². The lowest BCUT2D eigenvalue weighted by Gasteiger charge is -2.31. The Morgan fingerprint density at radius 2 is 1.90 bits per heavy atom. The first-order valence-corrected chi connectivity index (χ1v) is 8.17. The molecular weight excluding hydrogens is 268 g/mol. The fraction of sp³-hybridized carbons (Fsp3) is 0.875. The van der Waals surface area contributed by atoms with Crippen molar-refractivity contribution in [3.8, 4) is 0 Å². The number of thiocarbonyl (C=S) groups is 1. The summed E-state index contributed by atoms with van der Waals surface area (Å²) < 4.78 is 0. The van der Waals surface area contributed by atoms with E-state index in [1.807, 2.05) is 4.90 Å². The van der Waals surface area contributed by atoms with E-state index in [9.17, 15) is 4.79 Å². The van der Waals surface area contributed by atoms with Crippen LogP contribution in [0.25, 0.3) is 0 Å². The fourth-order valence-electron chi connectivity index (χ4n) is 3.34. The number of amides is 1. The Bertz CT molecular complexity index is 343. The molecule has 0 bridgehead atoms. The third-order valence-electron chi connectivity index (χ3n) is 3.90. The maximum atomic E-state index is 12.6. The van der Waals surface area contributed by atoms with Gasteiger partial charge in [-0.1, -0.05) is 52.8 Å². The summed E-state index contributed by atoms with van der Waals surface area (Å²) in [5, 5.41) is 0. The van der Waals surface area contributed by atoms with Crippen molar-refractivity contribution in [2.45, 2.75) is 72.3 Å². The highest BCUT2D eigenvalue weighted by atomic mass is 32.1. The van der Waals surface area contributed by atoms with Gasteiger partial charge in [-0.2, -0.15) is 0 Å². The number of hydrogen-bond donors (Lipinski definition) is 1. The van der Waals surface area contributed by atoms with Crippen LogP contribution in [0, 0.1) is 11.3 Å². The molecule has 2 N–H and O–H groups in total. The van der Waals surface area contributed by atoms with Gasteiger partial charge in [-0.3, -0.25) is 4.79 Å². The Balaban J connectivity index is 2.60. The van der Waals surface area contributed by atoms with Crippen molar-refractivity contribution >= 4 is 23.1 Å². The van der Waals surface area contributed by atoms with Crippen LogP contribution in [0.2, 0.25) is 0 Å². The van der Waals surface area contributed by atoms with E-state index in [0.29, 0.717) is 29.9 Å². The zero-order valence-corrected chi connectivity index (χ0v) is 14.3. The maximum Gasteiger partial charge on any atom is 0.223 e. The summed E-state index contributed by atoms with van der Waals surface area (Å²) in [4.78, 5) is 14.9. The highest BCUT2D eigenvalue weighted by Crippen LogP contribution is 2.28. The first-order valence-electron chi connectivity index (χ1n) is 7.77. The summed E-state index contributed by atoms with van der Waals surface area (Å²) >= 11 is 5.01. The summed E-state index contributed by atoms with van der Waals surface area (Å²) in [5.74, 6) is 0.624. The van der Waals surface area contributed by atoms with E-state index < -0.39 is 0 Å². The number of carbonyl (C=O) groups is 1. The second kappa shape index (κ2) is 7.39. The van der Waals surface area contributed by atoms with Gasteiger partial charge in [0.1, 0.15) is 0 Å². The molecule has 1 atom stereocenters. The van der Waals surface area contributed by atoms with Gasteiger partial charge < -0.3 is 10.6 Å². The van der Waals surface area contributed by atoms with Gasteiger partial charge in [0.15, 0.2) is 0 Å². The van der Waals surface area contributed by atoms with Crippen LogP contribution in [-0.2, 0) is 4.79 Å². The Labute approximate surface area is 129 Å². The van der Waals surface area contributed by atoms with Gasteiger partial charge in [0, 0.05) is 12.5 Å². The summed E-state index contributed by atoms with van der Waals surface area (Å²) in [6.45, 7) is 9.27. The number of nitrogens with two attached hydrogens (primary N) is 1. The van der Waals surface area contributed by atoms with Gasteiger partial charge in [-0.25, -0.2) is 0 Å². The molecule has 0 saturated heterocycles. The molecule has 1 unspecified atom stereocenters. The first kappa shape index (κ1) is 17.4. The van der Waals surface area contributed by atoms with Crippen LogP contribution in [-0.4, -0.2) is 28.4 Å². The molecule has 0 radical (unpaired) electrons. The van der Waals surface area contributed by atoms with Crippen LogP contribution in [0.3, 0.4) is 0 Å². The summed E-state index contributed by atoms with van der Waals surface area (Å²) in [7, 11) is 0. The van der Waals surface area contributed by atoms with E-state index in [2.05, 4.69) is 27.7 Å². The molecule has 0 heterocycles. The van der Waals surface area contributed by atoms with E-state index in [4.69, 9.17) is 18.0 Å². The van der Waals surface area contributed by atoms with Crippen molar-refractivity contribution in [1.29, 1.82) is 0 Å². The normalized spacial score (nSPS) is 18.0. The minimum absolute atomic E-state index is 0.224. The highest BCUT2D eigenvalue weighted by molar-refractivity contribution is 7.80. The highest BCUT2D eigenvalue weighted by Gasteiger charge is 2.28. The van der Waals surface area contributed by atoms with E-state index in [0.717, 1.165) is 19.3 Å². The summed E-state index contributed by atoms with van der Waals surface area (Å²) in [6, 6.07) is 0.353. The summed E-state index contributed by atoms with van der Waals surface area (Å²) in [6.07, 6.45) is 6.29. The van der Waals surface area contributed by atoms with Gasteiger partial charge in [0.05, 0.1) is 11.5 Å². The molecule has 0 aromatic heterocycles. The Kier molecular flexibility index (Phi) is 6.44. The molecule has 3 nitrogen and oxygen atoms in total. The lowest BCUT2D eigenvalue weighted by molar-refractivity contribution is -0.133. The molecule has 0 aromatic rings. The SMILES string of the molecule is CC(CC(=O)N(CC(N)=S)C1CCCC1)CC(C)(C)C. The largest absolute Gasteiger partial charge is 0.392 e. The monoisotopic (exact) mass is 298 g/mol. The molecule has 4 heteroatoms. The van der Waals surface area contributed by atoms with Gasteiger partial charge in [-0.05, 0) is 30.6 Å². The summed E-state index contributed by atoms with van der Waals surface area (Å²) in [5.41, 5.74) is 5.93. The number of nitrogens with zero attached hydrogens (tertiary/aromatic N) is 1. The second-order valence-corrected chi connectivity index (χ2v) is 8.02. The van der Waals surface area contributed by atoms with Gasteiger partial charge in [0.25, 0.3) is 0 Å². The van der Waals surface area contributed by atoms with Crippen LogP contribution in [0.4, 0.5) is 0 Å². The molecule has 1 aliphatic carbocycles. The molecule has 1 saturated carbocycles. The minimum Gasteiger partial charge on any atom is -0.392 e. The molecule has 0 aliphatic heterocycles. The third-order valence-corrected chi connectivity index (χ3v) is 4.03. The molecule has 116 valence electrons. The smallest absolute Gasteiger partial charge is 0.223 e. The standard InChI is InChI=1S/C16H30N2OS/c1-12(10-16(2,3)4)9-15(19)18(11-14(17)20)13-7-5-6-8-13/h12-13H,5-11H2,1-4H3,(H2,17,20). The number of hydrogen-bond acceptors (Lipinski definition) is 2. The van der Waals surface area contributed by atoms with Gasteiger partial charge in [-0.15, -0.1) is 0 Å². The average Bonchev–Trinajstić information content (AvgIpc) is 2.75. The average molecular weight is 298 g/mol. The molecule has 0 spiro atoms. The molecular formula is C16H30N2OS. The van der Waals surface area contributed by atoms with Crippen molar-refractivity contribution in [3.05, 3.63) is 0 Å². The van der Waals surface area contributed by atoms with Crippen LogP contribution in [0.1, 0.15) is 66.2 Å². The van der Waals surface area contributed by atoms with E-state index in [1.54, 1.807) is 0 Å². The molecule has 1 aliphatic rings.